The Hall–Kier alpha value is -1.50. The molecule has 0 N–H and O–H groups in total. The molecule has 0 unspecified atom stereocenters. The van der Waals surface area contributed by atoms with Gasteiger partial charge in [0.1, 0.15) is 13.2 Å². The van der Waals surface area contributed by atoms with Gasteiger partial charge in [-0.25, -0.2) is 9.59 Å². The minimum Gasteiger partial charge on any atom is -0.461 e. The van der Waals surface area contributed by atoms with Gasteiger partial charge in [0.05, 0.1) is 13.2 Å². The van der Waals surface area contributed by atoms with Gasteiger partial charge in [0.25, 0.3) is 0 Å². The summed E-state index contributed by atoms with van der Waals surface area (Å²) in [4.78, 5) is 36.4. The van der Waals surface area contributed by atoms with E-state index in [1.165, 1.54) is 18.9 Å². The van der Waals surface area contributed by atoms with Gasteiger partial charge in [0.2, 0.25) is 5.91 Å². The van der Waals surface area contributed by atoms with Crippen LogP contribution in [-0.4, -0.2) is 78.9 Å². The summed E-state index contributed by atoms with van der Waals surface area (Å²) in [6, 6.07) is 2.26. The Bertz CT molecular complexity index is 653. The van der Waals surface area contributed by atoms with E-state index in [9.17, 15) is 14.4 Å². The van der Waals surface area contributed by atoms with Gasteiger partial charge in [-0.05, 0) is 51.1 Å². The fourth-order valence-electron chi connectivity index (χ4n) is 3.78. The van der Waals surface area contributed by atoms with Crippen LogP contribution in [0.3, 0.4) is 0 Å². The lowest BCUT2D eigenvalue weighted by Crippen LogP contribution is -2.44. The van der Waals surface area contributed by atoms with Crippen LogP contribution in [0.2, 0.25) is 38.3 Å². The predicted molar refractivity (Wildman–Crippen MR) is 133 cm³/mol. The van der Waals surface area contributed by atoms with Crippen LogP contribution < -0.4 is 0 Å². The monoisotopic (exact) mass is 501 g/mol. The number of esters is 2. The van der Waals surface area contributed by atoms with Crippen molar-refractivity contribution in [1.29, 1.82) is 0 Å². The topological polar surface area (TPSA) is 91.4 Å². The average Bonchev–Trinajstić information content (AvgIpc) is 3.14. The van der Waals surface area contributed by atoms with E-state index in [2.05, 4.69) is 33.1 Å². The van der Waals surface area contributed by atoms with E-state index < -0.39 is 28.6 Å². The summed E-state index contributed by atoms with van der Waals surface area (Å²) >= 11 is 0. The van der Waals surface area contributed by atoms with Crippen molar-refractivity contribution in [1.82, 2.24) is 4.90 Å². The Kier molecular flexibility index (Phi) is 13.8. The molecule has 0 bridgehead atoms. The molecule has 0 atom stereocenters. The third-order valence-corrected chi connectivity index (χ3v) is 12.9. The van der Waals surface area contributed by atoms with Gasteiger partial charge in [0, 0.05) is 31.7 Å². The first-order chi connectivity index (χ1) is 15.5. The van der Waals surface area contributed by atoms with Crippen LogP contribution in [0.4, 0.5) is 0 Å². The summed E-state index contributed by atoms with van der Waals surface area (Å²) in [5.74, 6) is -1.17. The highest BCUT2D eigenvalue weighted by Gasteiger charge is 2.32. The Morgan fingerprint density at radius 1 is 0.909 bits per heavy atom. The molecule has 0 aromatic carbocycles. The lowest BCUT2D eigenvalue weighted by molar-refractivity contribution is -0.142. The molecule has 1 amide bonds. The molecule has 10 heteroatoms. The molecular weight excluding hydrogens is 458 g/mol. The highest BCUT2D eigenvalue weighted by atomic mass is 28.4. The zero-order chi connectivity index (χ0) is 24.7. The number of hydrogen-bond acceptors (Lipinski definition) is 7. The van der Waals surface area contributed by atoms with Crippen molar-refractivity contribution in [3.8, 4) is 0 Å². The second-order valence-corrected chi connectivity index (χ2v) is 18.4. The Morgan fingerprint density at radius 3 is 2.09 bits per heavy atom. The SMILES string of the molecule is CCCC[Si](C)(C)O[Si](C)(C)CCCOCCOC(=O)/C=C/C(=O)OCCN1CCCC1=O. The maximum atomic E-state index is 11.7. The average molecular weight is 502 g/mol. The van der Waals surface area contributed by atoms with E-state index >= 15 is 0 Å². The van der Waals surface area contributed by atoms with Gasteiger partial charge in [0.15, 0.2) is 16.6 Å². The van der Waals surface area contributed by atoms with Gasteiger partial charge in [-0.2, -0.15) is 0 Å². The number of carbonyl (C=O) groups is 3. The third-order valence-electron chi connectivity index (χ3n) is 5.36. The van der Waals surface area contributed by atoms with Crippen molar-refractivity contribution in [2.75, 3.05) is 39.5 Å². The lowest BCUT2D eigenvalue weighted by atomic mass is 10.4. The zero-order valence-electron chi connectivity index (χ0n) is 21.2. The van der Waals surface area contributed by atoms with Crippen molar-refractivity contribution in [2.24, 2.45) is 0 Å². The quantitative estimate of drug-likeness (QED) is 0.129. The molecule has 1 saturated heterocycles. The zero-order valence-corrected chi connectivity index (χ0v) is 23.2. The minimum atomic E-state index is -1.69. The Morgan fingerprint density at radius 2 is 1.52 bits per heavy atom. The van der Waals surface area contributed by atoms with Crippen LogP contribution in [-0.2, 0) is 32.7 Å². The smallest absolute Gasteiger partial charge is 0.331 e. The molecule has 0 aromatic heterocycles. The maximum Gasteiger partial charge on any atom is 0.331 e. The summed E-state index contributed by atoms with van der Waals surface area (Å²) in [5, 5.41) is 0. The molecule has 0 aliphatic carbocycles. The fourth-order valence-corrected chi connectivity index (χ4v) is 12.8. The summed E-state index contributed by atoms with van der Waals surface area (Å²) in [6.07, 6.45) is 6.85. The molecule has 0 radical (unpaired) electrons. The Balaban J connectivity index is 2.07. The lowest BCUT2D eigenvalue weighted by Gasteiger charge is -2.34. The number of carbonyl (C=O) groups excluding carboxylic acids is 3. The molecule has 1 aliphatic heterocycles. The number of likely N-dealkylation sites (tertiary alicyclic amines) is 1. The van der Waals surface area contributed by atoms with Crippen LogP contribution in [0.5, 0.6) is 0 Å². The Labute approximate surface area is 201 Å². The molecule has 190 valence electrons. The number of unbranched alkanes of at least 4 members (excludes halogenated alkanes) is 1. The summed E-state index contributed by atoms with van der Waals surface area (Å²) < 4.78 is 22.2. The van der Waals surface area contributed by atoms with Crippen molar-refractivity contribution in [2.45, 2.75) is 77.3 Å². The summed E-state index contributed by atoms with van der Waals surface area (Å²) in [5.41, 5.74) is 0. The normalized spacial score (nSPS) is 14.8. The number of ether oxygens (including phenoxy) is 3. The van der Waals surface area contributed by atoms with Crippen molar-refractivity contribution in [3.63, 3.8) is 0 Å². The molecule has 1 aliphatic rings. The number of amides is 1. The van der Waals surface area contributed by atoms with Crippen molar-refractivity contribution >= 4 is 34.5 Å². The molecule has 1 rings (SSSR count). The van der Waals surface area contributed by atoms with Crippen molar-refractivity contribution in [3.05, 3.63) is 12.2 Å². The van der Waals surface area contributed by atoms with Gasteiger partial charge in [-0.3, -0.25) is 4.79 Å². The fraction of sp³-hybridized carbons (Fsp3) is 0.783. The van der Waals surface area contributed by atoms with Gasteiger partial charge in [-0.15, -0.1) is 0 Å². The highest BCUT2D eigenvalue weighted by molar-refractivity contribution is 6.84. The summed E-state index contributed by atoms with van der Waals surface area (Å²) in [7, 11) is -3.27. The van der Waals surface area contributed by atoms with E-state index in [-0.39, 0.29) is 19.1 Å². The molecule has 33 heavy (non-hydrogen) atoms. The molecule has 1 heterocycles. The maximum absolute atomic E-state index is 11.7. The predicted octanol–water partition coefficient (Wildman–Crippen LogP) is 3.89. The van der Waals surface area contributed by atoms with E-state index in [0.29, 0.717) is 32.7 Å². The van der Waals surface area contributed by atoms with Gasteiger partial charge in [-0.1, -0.05) is 19.8 Å². The van der Waals surface area contributed by atoms with Gasteiger partial charge >= 0.3 is 11.9 Å². The number of hydrogen-bond donors (Lipinski definition) is 0. The van der Waals surface area contributed by atoms with Crippen LogP contribution in [0.1, 0.15) is 39.0 Å². The van der Waals surface area contributed by atoms with E-state index in [0.717, 1.165) is 31.0 Å². The van der Waals surface area contributed by atoms with Crippen LogP contribution in [0.15, 0.2) is 12.2 Å². The number of rotatable bonds is 17. The number of nitrogens with zero attached hydrogens (tertiary/aromatic N) is 1. The van der Waals surface area contributed by atoms with Crippen LogP contribution in [0, 0.1) is 0 Å². The van der Waals surface area contributed by atoms with Gasteiger partial charge < -0.3 is 23.2 Å². The van der Waals surface area contributed by atoms with E-state index in [1.807, 2.05) is 0 Å². The van der Waals surface area contributed by atoms with E-state index in [4.69, 9.17) is 18.3 Å². The standard InChI is InChI=1S/C23H43NO7Si2/c1-6-7-19-32(2,3)31-33(4,5)20-9-15-28-17-18-30-23(27)12-11-22(26)29-16-14-24-13-8-10-21(24)25/h11-12H,6-10,13-20H2,1-5H3/b12-11+. The first-order valence-corrected chi connectivity index (χ1v) is 18.3. The molecule has 0 spiro atoms. The highest BCUT2D eigenvalue weighted by Crippen LogP contribution is 2.24. The van der Waals surface area contributed by atoms with E-state index in [1.54, 1.807) is 4.90 Å². The molecule has 8 nitrogen and oxygen atoms in total. The first kappa shape index (κ1) is 29.5. The first-order valence-electron chi connectivity index (χ1n) is 12.1. The minimum absolute atomic E-state index is 0.0829. The third kappa shape index (κ3) is 14.4. The van der Waals surface area contributed by atoms with Crippen LogP contribution in [0.25, 0.3) is 0 Å². The van der Waals surface area contributed by atoms with Crippen molar-refractivity contribution < 1.29 is 32.7 Å². The largest absolute Gasteiger partial charge is 0.461 e. The summed E-state index contributed by atoms with van der Waals surface area (Å²) in [6.45, 7) is 13.6. The molecular formula is C23H43NO7Si2. The van der Waals surface area contributed by atoms with Crippen LogP contribution >= 0.6 is 0 Å². The molecule has 0 saturated carbocycles. The molecule has 1 fully saturated rings. The second-order valence-electron chi connectivity index (χ2n) is 9.59. The molecule has 0 aromatic rings. The second kappa shape index (κ2) is 15.4.